The summed E-state index contributed by atoms with van der Waals surface area (Å²) in [6.07, 6.45) is 0.0887. The highest BCUT2D eigenvalue weighted by atomic mass is 32.1. The molecule has 7 nitrogen and oxygen atoms in total. The molecule has 0 aliphatic carbocycles. The third-order valence-electron chi connectivity index (χ3n) is 4.30. The van der Waals surface area contributed by atoms with Gasteiger partial charge in [0.05, 0.1) is 24.1 Å². The highest BCUT2D eigenvalue weighted by molar-refractivity contribution is 7.13. The van der Waals surface area contributed by atoms with Gasteiger partial charge in [-0.3, -0.25) is 9.59 Å². The lowest BCUT2D eigenvalue weighted by Gasteiger charge is -2.22. The number of hydrogen-bond acceptors (Lipinski definition) is 6. The maximum atomic E-state index is 13.4. The van der Waals surface area contributed by atoms with Gasteiger partial charge in [-0.1, -0.05) is 19.9 Å². The van der Waals surface area contributed by atoms with Gasteiger partial charge in [-0.15, -0.1) is 16.4 Å². The van der Waals surface area contributed by atoms with Crippen LogP contribution in [0.2, 0.25) is 0 Å². The van der Waals surface area contributed by atoms with Crippen LogP contribution in [0.5, 0.6) is 0 Å². The van der Waals surface area contributed by atoms with Gasteiger partial charge in [-0.2, -0.15) is 0 Å². The predicted octanol–water partition coefficient (Wildman–Crippen LogP) is 3.80. The number of esters is 1. The Kier molecular flexibility index (Phi) is 6.94. The summed E-state index contributed by atoms with van der Waals surface area (Å²) in [6, 6.07) is 9.59. The molecule has 3 rings (SSSR count). The molecule has 0 saturated heterocycles. The number of benzene rings is 1. The standard InChI is InChI=1S/C21H23FN4O3S/c1-14(2)13-25(11-10-18(27)29-3)21(28)19-23-20(17-5-4-12-30-17)26(24-19)16-8-6-15(22)7-9-16/h4-9,12,14H,10-11,13H2,1-3H3. The van der Waals surface area contributed by atoms with E-state index in [1.165, 1.54) is 35.3 Å². The van der Waals surface area contributed by atoms with Crippen molar-refractivity contribution >= 4 is 23.2 Å². The van der Waals surface area contributed by atoms with Gasteiger partial charge in [0.2, 0.25) is 5.82 Å². The molecule has 0 atom stereocenters. The highest BCUT2D eigenvalue weighted by Gasteiger charge is 2.25. The number of amides is 1. The lowest BCUT2D eigenvalue weighted by molar-refractivity contribution is -0.140. The van der Waals surface area contributed by atoms with Crippen LogP contribution in [0.25, 0.3) is 16.4 Å². The largest absolute Gasteiger partial charge is 0.469 e. The maximum Gasteiger partial charge on any atom is 0.307 e. The summed E-state index contributed by atoms with van der Waals surface area (Å²) < 4.78 is 19.6. The van der Waals surface area contributed by atoms with E-state index in [2.05, 4.69) is 14.8 Å². The minimum atomic E-state index is -0.388. The van der Waals surface area contributed by atoms with Gasteiger partial charge in [0, 0.05) is 13.1 Å². The summed E-state index contributed by atoms with van der Waals surface area (Å²) >= 11 is 1.47. The quantitative estimate of drug-likeness (QED) is 0.508. The second kappa shape index (κ2) is 9.62. The molecule has 1 amide bonds. The monoisotopic (exact) mass is 430 g/mol. The van der Waals surface area contributed by atoms with E-state index in [-0.39, 0.29) is 42.4 Å². The van der Waals surface area contributed by atoms with Gasteiger partial charge < -0.3 is 9.64 Å². The van der Waals surface area contributed by atoms with E-state index >= 15 is 0 Å². The first-order valence-electron chi connectivity index (χ1n) is 9.52. The Bertz CT molecular complexity index is 1000. The van der Waals surface area contributed by atoms with Crippen LogP contribution in [-0.4, -0.2) is 51.7 Å². The Morgan fingerprint density at radius 1 is 1.23 bits per heavy atom. The fourth-order valence-corrected chi connectivity index (χ4v) is 3.61. The average molecular weight is 431 g/mol. The molecule has 0 N–H and O–H groups in total. The van der Waals surface area contributed by atoms with E-state index in [1.54, 1.807) is 17.0 Å². The first-order chi connectivity index (χ1) is 14.4. The van der Waals surface area contributed by atoms with E-state index in [1.807, 2.05) is 31.4 Å². The third-order valence-corrected chi connectivity index (χ3v) is 5.16. The Labute approximate surface area is 178 Å². The zero-order valence-corrected chi connectivity index (χ0v) is 17.9. The number of halogens is 1. The van der Waals surface area contributed by atoms with Gasteiger partial charge in [-0.05, 0) is 41.6 Å². The number of rotatable bonds is 8. The molecule has 0 spiro atoms. The van der Waals surface area contributed by atoms with Crippen molar-refractivity contribution in [3.8, 4) is 16.4 Å². The second-order valence-electron chi connectivity index (χ2n) is 7.10. The molecule has 0 unspecified atom stereocenters. The number of thiophene rings is 1. The lowest BCUT2D eigenvalue weighted by Crippen LogP contribution is -2.36. The third kappa shape index (κ3) is 5.10. The Morgan fingerprint density at radius 2 is 1.97 bits per heavy atom. The molecule has 3 aromatic rings. The van der Waals surface area contributed by atoms with E-state index in [0.717, 1.165) is 4.88 Å². The number of carbonyl (C=O) groups excluding carboxylic acids is 2. The van der Waals surface area contributed by atoms with E-state index in [9.17, 15) is 14.0 Å². The summed E-state index contributed by atoms with van der Waals surface area (Å²) in [4.78, 5) is 31.6. The zero-order chi connectivity index (χ0) is 21.7. The molecule has 0 saturated carbocycles. The normalized spacial score (nSPS) is 11.0. The first kappa shape index (κ1) is 21.6. The topological polar surface area (TPSA) is 77.3 Å². The molecule has 0 aliphatic rings. The fraction of sp³-hybridized carbons (Fsp3) is 0.333. The van der Waals surface area contributed by atoms with Crippen LogP contribution in [-0.2, 0) is 9.53 Å². The van der Waals surface area contributed by atoms with E-state index in [4.69, 9.17) is 0 Å². The van der Waals surface area contributed by atoms with E-state index in [0.29, 0.717) is 18.1 Å². The molecule has 1 aromatic carbocycles. The SMILES string of the molecule is COC(=O)CCN(CC(C)C)C(=O)c1nc(-c2cccs2)n(-c2ccc(F)cc2)n1. The smallest absolute Gasteiger partial charge is 0.307 e. The van der Waals surface area contributed by atoms with Gasteiger partial charge in [-0.25, -0.2) is 14.1 Å². The van der Waals surface area contributed by atoms with Crippen LogP contribution >= 0.6 is 11.3 Å². The fourth-order valence-electron chi connectivity index (χ4n) is 2.92. The molecule has 2 heterocycles. The second-order valence-corrected chi connectivity index (χ2v) is 8.04. The van der Waals surface area contributed by atoms with Crippen molar-refractivity contribution in [1.82, 2.24) is 19.7 Å². The van der Waals surface area contributed by atoms with Crippen LogP contribution in [0.1, 0.15) is 30.9 Å². The Hall–Kier alpha value is -3.07. The number of nitrogens with zero attached hydrogens (tertiary/aromatic N) is 4. The van der Waals surface area contributed by atoms with Gasteiger partial charge in [0.1, 0.15) is 5.82 Å². The van der Waals surface area contributed by atoms with Crippen molar-refractivity contribution in [3.63, 3.8) is 0 Å². The molecule has 0 aliphatic heterocycles. The number of ether oxygens (including phenoxy) is 1. The van der Waals surface area contributed by atoms with Gasteiger partial charge in [0.25, 0.3) is 5.91 Å². The lowest BCUT2D eigenvalue weighted by atomic mass is 10.2. The first-order valence-corrected chi connectivity index (χ1v) is 10.4. The minimum absolute atomic E-state index is 0.0215. The molecule has 2 aromatic heterocycles. The van der Waals surface area contributed by atoms with Crippen LogP contribution < -0.4 is 0 Å². The van der Waals surface area contributed by atoms with Gasteiger partial charge >= 0.3 is 5.97 Å². The summed E-state index contributed by atoms with van der Waals surface area (Å²) in [5.41, 5.74) is 0.594. The average Bonchev–Trinajstić information content (AvgIpc) is 3.40. The summed E-state index contributed by atoms with van der Waals surface area (Å²) in [5, 5.41) is 6.33. The minimum Gasteiger partial charge on any atom is -0.469 e. The number of hydrogen-bond donors (Lipinski definition) is 0. The highest BCUT2D eigenvalue weighted by Crippen LogP contribution is 2.26. The number of aromatic nitrogens is 3. The Balaban J connectivity index is 1.97. The molecule has 30 heavy (non-hydrogen) atoms. The van der Waals surface area contributed by atoms with Crippen molar-refractivity contribution in [1.29, 1.82) is 0 Å². The van der Waals surface area contributed by atoms with Crippen LogP contribution in [0.4, 0.5) is 4.39 Å². The molecular formula is C21H23FN4O3S. The number of carbonyl (C=O) groups is 2. The van der Waals surface area contributed by atoms with Gasteiger partial charge in [0.15, 0.2) is 5.82 Å². The maximum absolute atomic E-state index is 13.4. The Morgan fingerprint density at radius 3 is 2.57 bits per heavy atom. The summed E-state index contributed by atoms with van der Waals surface area (Å²) in [7, 11) is 1.32. The van der Waals surface area contributed by atoms with Crippen molar-refractivity contribution in [3.05, 3.63) is 53.4 Å². The molecule has 0 radical (unpaired) electrons. The van der Waals surface area contributed by atoms with Crippen molar-refractivity contribution in [2.75, 3.05) is 20.2 Å². The van der Waals surface area contributed by atoms with Crippen LogP contribution in [0.3, 0.4) is 0 Å². The molecule has 0 bridgehead atoms. The predicted molar refractivity (Wildman–Crippen MR) is 112 cm³/mol. The number of methoxy groups -OCH3 is 1. The molecular weight excluding hydrogens is 407 g/mol. The zero-order valence-electron chi connectivity index (χ0n) is 17.0. The summed E-state index contributed by atoms with van der Waals surface area (Å²) in [5.74, 6) is -0.404. The van der Waals surface area contributed by atoms with Crippen molar-refractivity contribution in [2.45, 2.75) is 20.3 Å². The van der Waals surface area contributed by atoms with Crippen molar-refractivity contribution in [2.24, 2.45) is 5.92 Å². The molecule has 0 fully saturated rings. The van der Waals surface area contributed by atoms with E-state index < -0.39 is 0 Å². The van der Waals surface area contributed by atoms with Crippen LogP contribution in [0.15, 0.2) is 41.8 Å². The molecule has 9 heteroatoms. The van der Waals surface area contributed by atoms with Crippen LogP contribution in [0, 0.1) is 11.7 Å². The summed E-state index contributed by atoms with van der Waals surface area (Å²) in [6.45, 7) is 4.64. The molecule has 158 valence electrons. The van der Waals surface area contributed by atoms with Crippen molar-refractivity contribution < 1.29 is 18.7 Å².